The lowest BCUT2D eigenvalue weighted by Gasteiger charge is -2.08. The Balaban J connectivity index is 1.99. The first kappa shape index (κ1) is 14.1. The number of benzene rings is 1. The van der Waals surface area contributed by atoms with Crippen LogP contribution in [-0.4, -0.2) is 15.3 Å². The lowest BCUT2D eigenvalue weighted by molar-refractivity contribution is 0.102. The molecule has 22 heavy (non-hydrogen) atoms. The molecule has 2 heterocycles. The molecule has 0 bridgehead atoms. The standard InChI is InChI=1S/C15H10F3N3O/c1-8-7-21-6-2-3-9(14(21)19-8)15(22)20-11-5-4-10(16)12(17)13(11)18/h2-7H,1H3,(H,20,22). The molecule has 0 atom stereocenters. The highest BCUT2D eigenvalue weighted by molar-refractivity contribution is 6.08. The number of carbonyl (C=O) groups is 1. The van der Waals surface area contributed by atoms with Crippen LogP contribution in [0.2, 0.25) is 0 Å². The predicted molar refractivity (Wildman–Crippen MR) is 74.2 cm³/mol. The predicted octanol–water partition coefficient (Wildman–Crippen LogP) is 3.31. The molecule has 1 N–H and O–H groups in total. The first-order valence-corrected chi connectivity index (χ1v) is 6.36. The van der Waals surface area contributed by atoms with Crippen LogP contribution >= 0.6 is 0 Å². The summed E-state index contributed by atoms with van der Waals surface area (Å²) < 4.78 is 41.3. The Morgan fingerprint density at radius 1 is 1.18 bits per heavy atom. The van der Waals surface area contributed by atoms with Crippen molar-refractivity contribution in [2.24, 2.45) is 0 Å². The zero-order valence-electron chi connectivity index (χ0n) is 11.4. The lowest BCUT2D eigenvalue weighted by atomic mass is 10.2. The highest BCUT2D eigenvalue weighted by Gasteiger charge is 2.18. The van der Waals surface area contributed by atoms with Gasteiger partial charge in [0.15, 0.2) is 17.5 Å². The number of imidazole rings is 1. The number of rotatable bonds is 2. The molecule has 3 rings (SSSR count). The van der Waals surface area contributed by atoms with Gasteiger partial charge in [0.25, 0.3) is 5.91 Å². The largest absolute Gasteiger partial charge is 0.319 e. The van der Waals surface area contributed by atoms with E-state index in [1.54, 1.807) is 29.8 Å². The zero-order chi connectivity index (χ0) is 15.9. The van der Waals surface area contributed by atoms with E-state index >= 15 is 0 Å². The summed E-state index contributed by atoms with van der Waals surface area (Å²) >= 11 is 0. The second kappa shape index (κ2) is 5.18. The molecule has 1 amide bonds. The summed E-state index contributed by atoms with van der Waals surface area (Å²) in [5.74, 6) is -5.06. The van der Waals surface area contributed by atoms with Crippen molar-refractivity contribution >= 4 is 17.2 Å². The SMILES string of the molecule is Cc1cn2cccc(C(=O)Nc3ccc(F)c(F)c3F)c2n1. The quantitative estimate of drug-likeness (QED) is 0.738. The van der Waals surface area contributed by atoms with Gasteiger partial charge in [-0.05, 0) is 31.2 Å². The Bertz CT molecular complexity index is 889. The van der Waals surface area contributed by atoms with E-state index in [1.165, 1.54) is 6.07 Å². The van der Waals surface area contributed by atoms with E-state index in [4.69, 9.17) is 0 Å². The van der Waals surface area contributed by atoms with Crippen molar-refractivity contribution in [1.82, 2.24) is 9.38 Å². The normalized spacial score (nSPS) is 10.9. The van der Waals surface area contributed by atoms with Gasteiger partial charge in [-0.3, -0.25) is 4.79 Å². The molecular formula is C15H10F3N3O. The third kappa shape index (κ3) is 2.30. The van der Waals surface area contributed by atoms with Crippen molar-refractivity contribution in [1.29, 1.82) is 0 Å². The van der Waals surface area contributed by atoms with E-state index < -0.39 is 29.0 Å². The summed E-state index contributed by atoms with van der Waals surface area (Å²) in [6.07, 6.45) is 3.44. The van der Waals surface area contributed by atoms with Gasteiger partial charge in [0.05, 0.1) is 16.9 Å². The fourth-order valence-electron chi connectivity index (χ4n) is 2.12. The molecule has 0 aliphatic rings. The van der Waals surface area contributed by atoms with E-state index in [0.29, 0.717) is 11.3 Å². The first-order valence-electron chi connectivity index (χ1n) is 6.36. The summed E-state index contributed by atoms with van der Waals surface area (Å²) in [5, 5.41) is 2.22. The Morgan fingerprint density at radius 3 is 2.73 bits per heavy atom. The third-order valence-corrected chi connectivity index (χ3v) is 3.13. The number of fused-ring (bicyclic) bond motifs is 1. The van der Waals surface area contributed by atoms with Gasteiger partial charge in [-0.25, -0.2) is 18.2 Å². The molecule has 3 aromatic rings. The number of amides is 1. The molecule has 0 saturated heterocycles. The number of carbonyl (C=O) groups excluding carboxylic acids is 1. The Kier molecular flexibility index (Phi) is 3.32. The van der Waals surface area contributed by atoms with Crippen LogP contribution in [0.5, 0.6) is 0 Å². The fraction of sp³-hybridized carbons (Fsp3) is 0.0667. The monoisotopic (exact) mass is 305 g/mol. The number of halogens is 3. The van der Waals surface area contributed by atoms with E-state index in [0.717, 1.165) is 12.1 Å². The van der Waals surface area contributed by atoms with Crippen LogP contribution in [0, 0.1) is 24.4 Å². The van der Waals surface area contributed by atoms with Gasteiger partial charge in [0.1, 0.15) is 5.65 Å². The molecule has 1 aromatic carbocycles. The Morgan fingerprint density at radius 2 is 1.95 bits per heavy atom. The van der Waals surface area contributed by atoms with Gasteiger partial charge >= 0.3 is 0 Å². The minimum atomic E-state index is -1.63. The molecule has 0 radical (unpaired) electrons. The molecule has 0 unspecified atom stereocenters. The first-order chi connectivity index (χ1) is 10.5. The molecule has 0 saturated carbocycles. The molecular weight excluding hydrogens is 295 g/mol. The Labute approximate surface area is 123 Å². The third-order valence-electron chi connectivity index (χ3n) is 3.13. The van der Waals surface area contributed by atoms with Crippen LogP contribution in [0.25, 0.3) is 5.65 Å². The molecule has 2 aromatic heterocycles. The van der Waals surface area contributed by atoms with Crippen molar-refractivity contribution in [3.05, 3.63) is 65.4 Å². The average Bonchev–Trinajstić information content (AvgIpc) is 2.87. The van der Waals surface area contributed by atoms with Crippen molar-refractivity contribution in [2.45, 2.75) is 6.92 Å². The zero-order valence-corrected chi connectivity index (χ0v) is 11.4. The highest BCUT2D eigenvalue weighted by atomic mass is 19.2. The number of anilines is 1. The van der Waals surface area contributed by atoms with Crippen LogP contribution in [0.15, 0.2) is 36.7 Å². The molecule has 7 heteroatoms. The van der Waals surface area contributed by atoms with Crippen LogP contribution in [0.1, 0.15) is 16.1 Å². The van der Waals surface area contributed by atoms with E-state index in [-0.39, 0.29) is 5.56 Å². The van der Waals surface area contributed by atoms with E-state index in [1.807, 2.05) is 0 Å². The van der Waals surface area contributed by atoms with Crippen LogP contribution in [-0.2, 0) is 0 Å². The average molecular weight is 305 g/mol. The summed E-state index contributed by atoms with van der Waals surface area (Å²) in [5.41, 5.74) is 0.855. The maximum Gasteiger partial charge on any atom is 0.259 e. The van der Waals surface area contributed by atoms with Crippen molar-refractivity contribution in [3.8, 4) is 0 Å². The minimum Gasteiger partial charge on any atom is -0.319 e. The van der Waals surface area contributed by atoms with Crippen molar-refractivity contribution in [2.75, 3.05) is 5.32 Å². The number of aryl methyl sites for hydroxylation is 1. The summed E-state index contributed by atoms with van der Waals surface area (Å²) in [4.78, 5) is 16.4. The van der Waals surface area contributed by atoms with Crippen LogP contribution in [0.3, 0.4) is 0 Å². The maximum absolute atomic E-state index is 13.6. The van der Waals surface area contributed by atoms with E-state index in [9.17, 15) is 18.0 Å². The minimum absolute atomic E-state index is 0.194. The number of nitrogens with one attached hydrogen (secondary N) is 1. The molecule has 0 aliphatic heterocycles. The van der Waals surface area contributed by atoms with Gasteiger partial charge in [0, 0.05) is 12.4 Å². The van der Waals surface area contributed by atoms with Gasteiger partial charge in [-0.1, -0.05) is 0 Å². The second-order valence-electron chi connectivity index (χ2n) is 4.71. The number of pyridine rings is 1. The molecule has 0 fully saturated rings. The van der Waals surface area contributed by atoms with Gasteiger partial charge < -0.3 is 9.72 Å². The van der Waals surface area contributed by atoms with Gasteiger partial charge in [-0.15, -0.1) is 0 Å². The number of aromatic nitrogens is 2. The maximum atomic E-state index is 13.6. The molecule has 4 nitrogen and oxygen atoms in total. The summed E-state index contributed by atoms with van der Waals surface area (Å²) in [6.45, 7) is 1.77. The van der Waals surface area contributed by atoms with E-state index in [2.05, 4.69) is 10.3 Å². The molecule has 112 valence electrons. The summed E-state index contributed by atoms with van der Waals surface area (Å²) in [7, 11) is 0. The summed E-state index contributed by atoms with van der Waals surface area (Å²) in [6, 6.07) is 4.84. The topological polar surface area (TPSA) is 46.4 Å². The number of hydrogen-bond donors (Lipinski definition) is 1. The van der Waals surface area contributed by atoms with Crippen LogP contribution in [0.4, 0.5) is 18.9 Å². The Hall–Kier alpha value is -2.83. The second-order valence-corrected chi connectivity index (χ2v) is 4.71. The van der Waals surface area contributed by atoms with Crippen molar-refractivity contribution in [3.63, 3.8) is 0 Å². The van der Waals surface area contributed by atoms with Crippen LogP contribution < -0.4 is 5.32 Å². The number of hydrogen-bond acceptors (Lipinski definition) is 2. The lowest BCUT2D eigenvalue weighted by Crippen LogP contribution is -2.15. The van der Waals surface area contributed by atoms with Crippen molar-refractivity contribution < 1.29 is 18.0 Å². The van der Waals surface area contributed by atoms with Gasteiger partial charge in [-0.2, -0.15) is 0 Å². The molecule has 0 spiro atoms. The molecule has 0 aliphatic carbocycles. The highest BCUT2D eigenvalue weighted by Crippen LogP contribution is 2.21. The number of nitrogens with zero attached hydrogens (tertiary/aromatic N) is 2. The van der Waals surface area contributed by atoms with Gasteiger partial charge in [0.2, 0.25) is 0 Å². The fourth-order valence-corrected chi connectivity index (χ4v) is 2.12. The smallest absolute Gasteiger partial charge is 0.259 e.